The third-order valence-corrected chi connectivity index (χ3v) is 18.1. The van der Waals surface area contributed by atoms with Crippen molar-refractivity contribution in [3.63, 3.8) is 0 Å². The molecular weight excluding hydrogens is 1360 g/mol. The molecule has 2 unspecified atom stereocenters. The maximum absolute atomic E-state index is 12.9. The minimum Gasteiger partial charge on any atom is -0.494 e. The number of aromatic amines is 3. The molecular formula is C74H67F9N8O8S2. The van der Waals surface area contributed by atoms with Crippen LogP contribution < -0.4 is 24.1 Å². The summed E-state index contributed by atoms with van der Waals surface area (Å²) in [6.07, 6.45) is -8.73. The maximum Gasteiger partial charge on any atom is 0.516 e. The number of nitrogens with one attached hydrogen (secondary N) is 4. The Bertz CT molecular complexity index is 5100. The molecule has 0 aliphatic rings. The van der Waals surface area contributed by atoms with Gasteiger partial charge in [-0.25, -0.2) is 28.5 Å². The summed E-state index contributed by atoms with van der Waals surface area (Å²) in [5.74, 6) is 3.55. The fourth-order valence-electron chi connectivity index (χ4n) is 10.8. The first kappa shape index (κ1) is 73.2. The highest BCUT2D eigenvalue weighted by Gasteiger charge is 2.46. The number of carbonyl (C=O) groups is 1. The number of halogens is 9. The summed E-state index contributed by atoms with van der Waals surface area (Å²) in [5.41, 5.74) is 6.58. The van der Waals surface area contributed by atoms with Gasteiger partial charge in [0.2, 0.25) is 10.0 Å². The number of imidazole rings is 3. The van der Waals surface area contributed by atoms with E-state index in [1.807, 2.05) is 61.5 Å². The Morgan fingerprint density at radius 3 is 1.24 bits per heavy atom. The van der Waals surface area contributed by atoms with Crippen LogP contribution in [0.2, 0.25) is 0 Å². The largest absolute Gasteiger partial charge is 0.516 e. The summed E-state index contributed by atoms with van der Waals surface area (Å²) >= 11 is 0. The second-order valence-electron chi connectivity index (χ2n) is 23.5. The molecule has 0 spiro atoms. The lowest BCUT2D eigenvalue weighted by Gasteiger charge is -2.17. The number of primary sulfonamides is 1. The van der Waals surface area contributed by atoms with E-state index in [2.05, 4.69) is 43.1 Å². The van der Waals surface area contributed by atoms with Gasteiger partial charge >= 0.3 is 27.9 Å². The van der Waals surface area contributed by atoms with Crippen LogP contribution >= 0.6 is 0 Å². The van der Waals surface area contributed by atoms with Gasteiger partial charge < -0.3 is 29.2 Å². The third-order valence-electron chi connectivity index (χ3n) is 16.1. The molecule has 101 heavy (non-hydrogen) atoms. The number of ether oxygens (including phenoxy) is 3. The number of alkyl halides is 9. The van der Waals surface area contributed by atoms with E-state index in [-0.39, 0.29) is 33.4 Å². The van der Waals surface area contributed by atoms with E-state index in [0.717, 1.165) is 94.0 Å². The predicted molar refractivity (Wildman–Crippen MR) is 370 cm³/mol. The molecule has 0 radical (unpaired) electrons. The Morgan fingerprint density at radius 2 is 0.842 bits per heavy atom. The van der Waals surface area contributed by atoms with Gasteiger partial charge in [-0.05, 0) is 171 Å². The van der Waals surface area contributed by atoms with E-state index in [4.69, 9.17) is 24.3 Å². The summed E-state index contributed by atoms with van der Waals surface area (Å²) < 4.78 is 178. The quantitative estimate of drug-likeness (QED) is 0.0316. The van der Waals surface area contributed by atoms with Gasteiger partial charge in [0, 0.05) is 36.0 Å². The zero-order chi connectivity index (χ0) is 72.4. The van der Waals surface area contributed by atoms with Crippen LogP contribution in [0, 0.1) is 0 Å². The zero-order valence-corrected chi connectivity index (χ0v) is 56.2. The van der Waals surface area contributed by atoms with Gasteiger partial charge in [0.05, 0.1) is 50.3 Å². The first-order chi connectivity index (χ1) is 47.9. The number of anilines is 1. The molecule has 9 aromatic carbocycles. The number of nitrogens with two attached hydrogens (primary N) is 1. The number of hydrogen-bond acceptors (Lipinski definition) is 11. The van der Waals surface area contributed by atoms with Crippen molar-refractivity contribution in [3.05, 3.63) is 240 Å². The highest BCUT2D eigenvalue weighted by molar-refractivity contribution is 7.93. The summed E-state index contributed by atoms with van der Waals surface area (Å²) in [7, 11) is -9.47. The molecule has 0 aliphatic heterocycles. The molecule has 0 amide bonds. The molecule has 3 aromatic heterocycles. The van der Waals surface area contributed by atoms with Crippen molar-refractivity contribution in [2.75, 3.05) is 11.3 Å². The highest BCUT2D eigenvalue weighted by Crippen LogP contribution is 2.36. The van der Waals surface area contributed by atoms with Gasteiger partial charge in [0.25, 0.3) is 0 Å². The molecule has 0 saturated heterocycles. The van der Waals surface area contributed by atoms with E-state index < -0.39 is 50.1 Å². The fraction of sp³-hybridized carbons (Fsp3) is 0.216. The molecule has 526 valence electrons. The number of aromatic nitrogens is 6. The van der Waals surface area contributed by atoms with Gasteiger partial charge in [0.15, 0.2) is 18.0 Å². The van der Waals surface area contributed by atoms with Crippen molar-refractivity contribution in [2.24, 2.45) is 5.14 Å². The number of rotatable bonds is 22. The molecule has 0 saturated carbocycles. The molecule has 0 aliphatic carbocycles. The second kappa shape index (κ2) is 30.9. The van der Waals surface area contributed by atoms with E-state index in [9.17, 15) is 61.1 Å². The molecule has 2 atom stereocenters. The average molecular weight is 1430 g/mol. The van der Waals surface area contributed by atoms with Gasteiger partial charge in [-0.1, -0.05) is 115 Å². The number of fused-ring (bicyclic) bond motifs is 3. The number of aryl methyl sites for hydroxylation is 6. The Hall–Kier alpha value is -10.5. The first-order valence-electron chi connectivity index (χ1n) is 31.6. The molecule has 0 fully saturated rings. The van der Waals surface area contributed by atoms with Crippen molar-refractivity contribution in [1.29, 1.82) is 0 Å². The summed E-state index contributed by atoms with van der Waals surface area (Å²) in [5, 5.41) is 5.35. The number of Topliss-reactive ketones (excluding diaryl/α,β-unsaturated/α-hetero) is 1. The third kappa shape index (κ3) is 19.1. The van der Waals surface area contributed by atoms with Crippen LogP contribution in [0.4, 0.5) is 45.2 Å². The van der Waals surface area contributed by atoms with Crippen molar-refractivity contribution in [3.8, 4) is 50.6 Å². The van der Waals surface area contributed by atoms with Gasteiger partial charge in [-0.3, -0.25) is 9.52 Å². The highest BCUT2D eigenvalue weighted by atomic mass is 32.2. The fourth-order valence-corrected chi connectivity index (χ4v) is 12.1. The zero-order valence-electron chi connectivity index (χ0n) is 54.6. The van der Waals surface area contributed by atoms with Crippen molar-refractivity contribution >= 4 is 64.6 Å². The lowest BCUT2D eigenvalue weighted by atomic mass is 9.97. The molecule has 0 bridgehead atoms. The number of hydrogen-bond donors (Lipinski definition) is 5. The Morgan fingerprint density at radius 1 is 0.475 bits per heavy atom. The second-order valence-corrected chi connectivity index (χ2v) is 26.7. The maximum atomic E-state index is 12.9. The minimum atomic E-state index is -5.60. The monoisotopic (exact) mass is 1430 g/mol. The molecule has 12 rings (SSSR count). The van der Waals surface area contributed by atoms with Crippen LogP contribution in [0.3, 0.4) is 0 Å². The van der Waals surface area contributed by atoms with Crippen molar-refractivity contribution < 1.29 is 75.4 Å². The van der Waals surface area contributed by atoms with Crippen LogP contribution in [0.1, 0.15) is 72.2 Å². The number of ketones is 1. The molecule has 27 heteroatoms. The smallest absolute Gasteiger partial charge is 0.494 e. The predicted octanol–water partition coefficient (Wildman–Crippen LogP) is 17.2. The Labute approximate surface area is 575 Å². The van der Waals surface area contributed by atoms with Crippen LogP contribution in [-0.2, 0) is 58.6 Å². The molecule has 6 N–H and O–H groups in total. The Balaban J connectivity index is 0.000000165. The standard InChI is InChI=1S/C25H21F6N3O3S.C25H24N2O2.C24H22F3N3O3S/c1-15(24(26,27)28)37-18-10-6-16(7-11-18)8-13-23-32-21-12-9-17(14-22(21)33-23)19-4-2-3-5-20(19)34-38(35,36)25(29,30)31;1-3-29-20-12-8-18(9-13-20)10-15-25-26-23-14-11-19(16-24(23)27-25)22-7-5-4-6-21(22)17(2)28;1-15(24(25,26)27)33-18-10-6-16(7-11-18)8-13-23-29-20-12-9-17(14-21(20)30-23)19-4-2-3-5-22(19)34(28,31)32/h2-7,9-12,14-15,34H,8,13H2,1H3,(H,32,33);4-9,11-14,16H,3,10,15H2,1-2H3,(H,26,27);2-7,9-12,14-15H,8,13H2,1H3,(H,29,30)(H2,28,31,32). The van der Waals surface area contributed by atoms with Crippen LogP contribution in [0.15, 0.2) is 205 Å². The van der Waals surface area contributed by atoms with Crippen LogP contribution in [0.5, 0.6) is 17.2 Å². The normalized spacial score (nSPS) is 12.7. The summed E-state index contributed by atoms with van der Waals surface area (Å²) in [6, 6.07) is 57.4. The molecule has 3 heterocycles. The van der Waals surface area contributed by atoms with Gasteiger partial charge in [0.1, 0.15) is 34.7 Å². The lowest BCUT2D eigenvalue weighted by molar-refractivity contribution is -0.189. The number of carbonyl (C=O) groups excluding carboxylic acids is 1. The van der Waals surface area contributed by atoms with E-state index in [1.54, 1.807) is 90.5 Å². The topological polar surface area (TPSA) is 237 Å². The number of benzene rings is 9. The SMILES string of the molecule is CC(Oc1ccc(CCc2nc3ccc(-c4ccccc4NS(=O)(=O)C(F)(F)F)cc3[nH]2)cc1)C(F)(F)F.CC(Oc1ccc(CCc2nc3ccc(-c4ccccc4S(N)(=O)=O)cc3[nH]2)cc1)C(F)(F)F.CCOc1ccc(CCc2nc3ccc(-c4ccccc4C(C)=O)cc3[nH]2)cc1. The van der Waals surface area contributed by atoms with E-state index in [0.29, 0.717) is 65.8 Å². The van der Waals surface area contributed by atoms with Crippen LogP contribution in [0.25, 0.3) is 66.5 Å². The molecule has 12 aromatic rings. The van der Waals surface area contributed by atoms with E-state index >= 15 is 0 Å². The number of para-hydroxylation sites is 1. The summed E-state index contributed by atoms with van der Waals surface area (Å²) in [4.78, 5) is 35.6. The van der Waals surface area contributed by atoms with Gasteiger partial charge in [-0.15, -0.1) is 0 Å². The summed E-state index contributed by atoms with van der Waals surface area (Å²) in [6.45, 7) is 6.16. The number of H-pyrrole nitrogens is 3. The average Bonchev–Trinajstić information content (AvgIpc) is 1.79. The number of sulfonamides is 2. The van der Waals surface area contributed by atoms with E-state index in [1.165, 1.54) is 54.1 Å². The van der Waals surface area contributed by atoms with Crippen molar-refractivity contribution in [2.45, 2.75) is 101 Å². The molecule has 16 nitrogen and oxygen atoms in total. The van der Waals surface area contributed by atoms with Crippen LogP contribution in [-0.4, -0.2) is 89.2 Å². The van der Waals surface area contributed by atoms with Crippen molar-refractivity contribution in [1.82, 2.24) is 29.9 Å². The number of nitrogens with zero attached hydrogens (tertiary/aromatic N) is 3. The minimum absolute atomic E-state index is 0.0474. The first-order valence-corrected chi connectivity index (χ1v) is 34.6. The Kier molecular flexibility index (Phi) is 22.4. The van der Waals surface area contributed by atoms with Gasteiger partial charge in [-0.2, -0.15) is 47.9 Å². The lowest BCUT2D eigenvalue weighted by Crippen LogP contribution is -2.31.